The van der Waals surface area contributed by atoms with Crippen molar-refractivity contribution in [3.05, 3.63) is 34.9 Å². The largest absolute Gasteiger partial charge is 0.416 e. The molecule has 24 heavy (non-hydrogen) atoms. The molecule has 1 amide bonds. The van der Waals surface area contributed by atoms with Crippen molar-refractivity contribution < 1.29 is 31.1 Å². The zero-order valence-electron chi connectivity index (χ0n) is 13.9. The van der Waals surface area contributed by atoms with Crippen LogP contribution in [0.15, 0.2) is 18.2 Å². The molecule has 0 radical (unpaired) electrons. The first kappa shape index (κ1) is 20.3. The van der Waals surface area contributed by atoms with E-state index in [4.69, 9.17) is 0 Å². The van der Waals surface area contributed by atoms with Crippen LogP contribution in [0, 0.1) is 0 Å². The van der Waals surface area contributed by atoms with Crippen molar-refractivity contribution in [2.75, 3.05) is 7.05 Å². The Hall–Kier alpha value is -1.73. The van der Waals surface area contributed by atoms with Gasteiger partial charge in [-0.1, -0.05) is 0 Å². The smallest absolute Gasteiger partial charge is 0.343 e. The van der Waals surface area contributed by atoms with E-state index in [1.807, 2.05) is 0 Å². The van der Waals surface area contributed by atoms with Crippen LogP contribution in [0.1, 0.15) is 44.4 Å². The Kier molecular flexibility index (Phi) is 5.33. The summed E-state index contributed by atoms with van der Waals surface area (Å²) in [4.78, 5) is 13.8. The van der Waals surface area contributed by atoms with Crippen molar-refractivity contribution in [3.63, 3.8) is 0 Å². The molecule has 0 saturated heterocycles. The Morgan fingerprint density at radius 1 is 0.875 bits per heavy atom. The molecule has 0 saturated carbocycles. The number of rotatable bonds is 3. The zero-order valence-corrected chi connectivity index (χ0v) is 13.9. The molecular formula is C16H19F6NO. The molecule has 2 nitrogen and oxygen atoms in total. The molecule has 0 fully saturated rings. The van der Waals surface area contributed by atoms with Gasteiger partial charge < -0.3 is 4.90 Å². The summed E-state index contributed by atoms with van der Waals surface area (Å²) in [6, 6.07) is 1.00. The van der Waals surface area contributed by atoms with Gasteiger partial charge in [0.15, 0.2) is 0 Å². The van der Waals surface area contributed by atoms with E-state index >= 15 is 0 Å². The molecule has 0 aliphatic rings. The first-order valence-corrected chi connectivity index (χ1v) is 7.15. The SMILES string of the molecule is CC(C)N(C)C(=O)C(C)(C)c1cc(C(F)(F)F)cc(C(F)(F)F)c1. The monoisotopic (exact) mass is 355 g/mol. The third-order valence-corrected chi connectivity index (χ3v) is 3.94. The molecule has 1 aromatic rings. The summed E-state index contributed by atoms with van der Waals surface area (Å²) in [5.41, 5.74) is -4.73. The van der Waals surface area contributed by atoms with Crippen LogP contribution < -0.4 is 0 Å². The van der Waals surface area contributed by atoms with Crippen LogP contribution in [0.5, 0.6) is 0 Å². The number of nitrogens with zero attached hydrogens (tertiary/aromatic N) is 1. The molecule has 0 atom stereocenters. The highest BCUT2D eigenvalue weighted by Crippen LogP contribution is 2.39. The molecule has 0 aliphatic heterocycles. The van der Waals surface area contributed by atoms with Gasteiger partial charge in [0.2, 0.25) is 5.91 Å². The first-order valence-electron chi connectivity index (χ1n) is 7.15. The van der Waals surface area contributed by atoms with Crippen molar-refractivity contribution in [1.29, 1.82) is 0 Å². The van der Waals surface area contributed by atoms with E-state index in [2.05, 4.69) is 0 Å². The van der Waals surface area contributed by atoms with Crippen LogP contribution in [-0.4, -0.2) is 23.9 Å². The van der Waals surface area contributed by atoms with Gasteiger partial charge in [0.05, 0.1) is 16.5 Å². The number of benzene rings is 1. The Morgan fingerprint density at radius 2 is 1.21 bits per heavy atom. The second-order valence-corrected chi connectivity index (χ2v) is 6.43. The van der Waals surface area contributed by atoms with Crippen LogP contribution in [0.4, 0.5) is 26.3 Å². The molecule has 136 valence electrons. The van der Waals surface area contributed by atoms with Gasteiger partial charge >= 0.3 is 12.4 Å². The number of halogens is 6. The summed E-state index contributed by atoms with van der Waals surface area (Å²) in [5.74, 6) is -0.565. The van der Waals surface area contributed by atoms with Crippen molar-refractivity contribution in [1.82, 2.24) is 4.90 Å². The molecule has 0 heterocycles. The number of likely N-dealkylation sites (N-methyl/N-ethyl adjacent to an activating group) is 1. The highest BCUT2D eigenvalue weighted by atomic mass is 19.4. The standard InChI is InChI=1S/C16H19F6NO/c1-9(2)23(5)13(24)14(3,4)10-6-11(15(17,18)19)8-12(7-10)16(20,21)22/h6-9H,1-5H3. The van der Waals surface area contributed by atoms with E-state index in [0.29, 0.717) is 12.1 Å². The van der Waals surface area contributed by atoms with E-state index in [1.54, 1.807) is 13.8 Å². The maximum absolute atomic E-state index is 12.9. The summed E-state index contributed by atoms with van der Waals surface area (Å²) < 4.78 is 77.7. The number of carbonyl (C=O) groups is 1. The fourth-order valence-electron chi connectivity index (χ4n) is 2.11. The highest BCUT2D eigenvalue weighted by molar-refractivity contribution is 5.87. The van der Waals surface area contributed by atoms with E-state index in [0.717, 1.165) is 0 Å². The van der Waals surface area contributed by atoms with Crippen molar-refractivity contribution in [2.24, 2.45) is 0 Å². The summed E-state index contributed by atoms with van der Waals surface area (Å²) in [7, 11) is 1.45. The maximum atomic E-state index is 12.9. The lowest BCUT2D eigenvalue weighted by Crippen LogP contribution is -2.44. The van der Waals surface area contributed by atoms with Gasteiger partial charge in [-0.25, -0.2) is 0 Å². The lowest BCUT2D eigenvalue weighted by Gasteiger charge is -2.33. The third kappa shape index (κ3) is 4.21. The quantitative estimate of drug-likeness (QED) is 0.709. The number of alkyl halides is 6. The number of amides is 1. The molecular weight excluding hydrogens is 336 g/mol. The van der Waals surface area contributed by atoms with Gasteiger partial charge in [-0.15, -0.1) is 0 Å². The third-order valence-electron chi connectivity index (χ3n) is 3.94. The number of hydrogen-bond acceptors (Lipinski definition) is 1. The Labute approximate surface area is 136 Å². The van der Waals surface area contributed by atoms with Crippen molar-refractivity contribution in [2.45, 2.75) is 51.5 Å². The van der Waals surface area contributed by atoms with E-state index in [-0.39, 0.29) is 17.7 Å². The average molecular weight is 355 g/mol. The van der Waals surface area contributed by atoms with E-state index in [9.17, 15) is 31.1 Å². The van der Waals surface area contributed by atoms with Gasteiger partial charge in [-0.2, -0.15) is 26.3 Å². The topological polar surface area (TPSA) is 20.3 Å². The molecule has 0 N–H and O–H groups in total. The first-order chi connectivity index (χ1) is 10.6. The van der Waals surface area contributed by atoms with Crippen molar-refractivity contribution >= 4 is 5.91 Å². The molecule has 1 rings (SSSR count). The van der Waals surface area contributed by atoms with E-state index in [1.165, 1.54) is 25.8 Å². The Balaban J connectivity index is 3.54. The summed E-state index contributed by atoms with van der Waals surface area (Å²) >= 11 is 0. The summed E-state index contributed by atoms with van der Waals surface area (Å²) in [6.07, 6.45) is -9.89. The minimum Gasteiger partial charge on any atom is -0.343 e. The Bertz CT molecular complexity index is 584. The maximum Gasteiger partial charge on any atom is 0.416 e. The fraction of sp³-hybridized carbons (Fsp3) is 0.562. The fourth-order valence-corrected chi connectivity index (χ4v) is 2.11. The lowest BCUT2D eigenvalue weighted by atomic mass is 9.81. The average Bonchev–Trinajstić information content (AvgIpc) is 2.43. The number of hydrogen-bond donors (Lipinski definition) is 0. The molecule has 0 unspecified atom stereocenters. The van der Waals surface area contributed by atoms with Crippen LogP contribution in [-0.2, 0) is 22.6 Å². The van der Waals surface area contributed by atoms with Gasteiger partial charge in [0, 0.05) is 13.1 Å². The highest BCUT2D eigenvalue weighted by Gasteiger charge is 2.41. The molecule has 8 heteroatoms. The van der Waals surface area contributed by atoms with Gasteiger partial charge in [-0.3, -0.25) is 4.79 Å². The van der Waals surface area contributed by atoms with Crippen LogP contribution in [0.25, 0.3) is 0 Å². The minimum absolute atomic E-state index is 0.0518. The molecule has 0 aromatic heterocycles. The van der Waals surface area contributed by atoms with Crippen LogP contribution in [0.2, 0.25) is 0 Å². The lowest BCUT2D eigenvalue weighted by molar-refractivity contribution is -0.144. The van der Waals surface area contributed by atoms with Gasteiger partial charge in [0.1, 0.15) is 0 Å². The van der Waals surface area contributed by atoms with E-state index < -0.39 is 34.8 Å². The summed E-state index contributed by atoms with van der Waals surface area (Å²) in [6.45, 7) is 6.01. The van der Waals surface area contributed by atoms with Gasteiger partial charge in [0.25, 0.3) is 0 Å². The van der Waals surface area contributed by atoms with Gasteiger partial charge in [-0.05, 0) is 51.5 Å². The zero-order chi connectivity index (χ0) is 19.1. The second kappa shape index (κ2) is 6.29. The predicted octanol–water partition coefficient (Wildman–Crippen LogP) is 4.87. The predicted molar refractivity (Wildman–Crippen MR) is 77.4 cm³/mol. The van der Waals surface area contributed by atoms with Crippen molar-refractivity contribution in [3.8, 4) is 0 Å². The normalized spacial score (nSPS) is 13.3. The molecule has 0 bridgehead atoms. The minimum atomic E-state index is -4.95. The van der Waals surface area contributed by atoms with Crippen LogP contribution in [0.3, 0.4) is 0 Å². The number of carbonyl (C=O) groups excluding carboxylic acids is 1. The summed E-state index contributed by atoms with van der Waals surface area (Å²) in [5, 5.41) is 0. The molecule has 0 aliphatic carbocycles. The molecule has 1 aromatic carbocycles. The van der Waals surface area contributed by atoms with Crippen LogP contribution >= 0.6 is 0 Å². The Morgan fingerprint density at radius 3 is 1.50 bits per heavy atom. The molecule has 0 spiro atoms. The second-order valence-electron chi connectivity index (χ2n) is 6.43.